The monoisotopic (exact) mass is 317 g/mol. The number of para-hydroxylation sites is 1. The van der Waals surface area contributed by atoms with Gasteiger partial charge in [-0.25, -0.2) is 0 Å². The van der Waals surface area contributed by atoms with Gasteiger partial charge in [-0.1, -0.05) is 29.8 Å². The van der Waals surface area contributed by atoms with Crippen molar-refractivity contribution in [2.45, 2.75) is 0 Å². The summed E-state index contributed by atoms with van der Waals surface area (Å²) in [7, 11) is 1.56. The van der Waals surface area contributed by atoms with Crippen LogP contribution in [0.2, 0.25) is 5.02 Å². The Morgan fingerprint density at radius 2 is 1.95 bits per heavy atom. The molecule has 0 spiro atoms. The van der Waals surface area contributed by atoms with Crippen molar-refractivity contribution in [1.29, 1.82) is 0 Å². The third-order valence-electron chi connectivity index (χ3n) is 3.05. The molecular weight excluding hydrogens is 306 g/mol. The van der Waals surface area contributed by atoms with Crippen LogP contribution in [-0.4, -0.2) is 13.0 Å². The largest absolute Gasteiger partial charge is 0.494 e. The minimum absolute atomic E-state index is 0.185. The molecule has 0 radical (unpaired) electrons. The summed E-state index contributed by atoms with van der Waals surface area (Å²) < 4.78 is 6.37. The van der Waals surface area contributed by atoms with Crippen molar-refractivity contribution >= 4 is 44.6 Å². The maximum absolute atomic E-state index is 12.4. The van der Waals surface area contributed by atoms with Crippen LogP contribution in [0.25, 0.3) is 10.1 Å². The van der Waals surface area contributed by atoms with E-state index in [1.165, 1.54) is 11.3 Å². The molecule has 106 valence electrons. The molecule has 1 amide bonds. The van der Waals surface area contributed by atoms with Gasteiger partial charge in [0, 0.05) is 20.8 Å². The molecule has 0 aliphatic heterocycles. The van der Waals surface area contributed by atoms with E-state index in [1.807, 2.05) is 42.5 Å². The molecule has 0 unspecified atom stereocenters. The van der Waals surface area contributed by atoms with Crippen LogP contribution < -0.4 is 10.1 Å². The summed E-state index contributed by atoms with van der Waals surface area (Å²) in [5, 5.41) is 4.34. The zero-order valence-corrected chi connectivity index (χ0v) is 12.8. The Labute approximate surface area is 131 Å². The number of halogens is 1. The number of ether oxygens (including phenoxy) is 1. The molecule has 21 heavy (non-hydrogen) atoms. The minimum atomic E-state index is -0.185. The third-order valence-corrected chi connectivity index (χ3v) is 4.43. The van der Waals surface area contributed by atoms with Gasteiger partial charge in [-0.3, -0.25) is 4.79 Å². The zero-order valence-electron chi connectivity index (χ0n) is 11.2. The quantitative estimate of drug-likeness (QED) is 0.752. The predicted molar refractivity (Wildman–Crippen MR) is 87.8 cm³/mol. The number of anilines is 1. The van der Waals surface area contributed by atoms with Gasteiger partial charge in [-0.15, -0.1) is 11.3 Å². The summed E-state index contributed by atoms with van der Waals surface area (Å²) in [5.74, 6) is 0.376. The van der Waals surface area contributed by atoms with Gasteiger partial charge in [0.15, 0.2) is 0 Å². The van der Waals surface area contributed by atoms with Gasteiger partial charge in [0.2, 0.25) is 0 Å². The van der Waals surface area contributed by atoms with Crippen LogP contribution in [0.4, 0.5) is 5.69 Å². The smallest absolute Gasteiger partial charge is 0.269 e. The standard InChI is InChI=1S/C16H12ClNO2S/c1-20-14-12-9-10(17)7-8-13(12)21-15(14)16(19)18-11-5-3-2-4-6-11/h2-9H,1H3,(H,18,19). The molecule has 0 aliphatic rings. The lowest BCUT2D eigenvalue weighted by Crippen LogP contribution is -2.11. The second-order valence-electron chi connectivity index (χ2n) is 4.43. The fraction of sp³-hybridized carbons (Fsp3) is 0.0625. The van der Waals surface area contributed by atoms with E-state index in [-0.39, 0.29) is 5.91 Å². The SMILES string of the molecule is COc1c(C(=O)Nc2ccccc2)sc2ccc(Cl)cc12. The number of benzene rings is 2. The van der Waals surface area contributed by atoms with E-state index in [4.69, 9.17) is 16.3 Å². The number of thiophene rings is 1. The zero-order chi connectivity index (χ0) is 14.8. The van der Waals surface area contributed by atoms with Gasteiger partial charge in [0.1, 0.15) is 10.6 Å². The van der Waals surface area contributed by atoms with Gasteiger partial charge >= 0.3 is 0 Å². The summed E-state index contributed by atoms with van der Waals surface area (Å²) in [6.07, 6.45) is 0. The average Bonchev–Trinajstić information content (AvgIpc) is 2.86. The first-order valence-electron chi connectivity index (χ1n) is 6.31. The Kier molecular flexibility index (Phi) is 3.82. The summed E-state index contributed by atoms with van der Waals surface area (Å²) in [6.45, 7) is 0. The topological polar surface area (TPSA) is 38.3 Å². The van der Waals surface area contributed by atoms with E-state index in [0.29, 0.717) is 15.6 Å². The van der Waals surface area contributed by atoms with Crippen molar-refractivity contribution in [3.8, 4) is 5.75 Å². The fourth-order valence-electron chi connectivity index (χ4n) is 2.11. The molecule has 0 atom stereocenters. The van der Waals surface area contributed by atoms with Gasteiger partial charge in [0.05, 0.1) is 7.11 Å². The van der Waals surface area contributed by atoms with Gasteiger partial charge in [0.25, 0.3) is 5.91 Å². The first kappa shape index (κ1) is 13.9. The van der Waals surface area contributed by atoms with Crippen LogP contribution in [-0.2, 0) is 0 Å². The van der Waals surface area contributed by atoms with E-state index in [1.54, 1.807) is 13.2 Å². The van der Waals surface area contributed by atoms with Crippen molar-refractivity contribution in [2.24, 2.45) is 0 Å². The van der Waals surface area contributed by atoms with E-state index in [9.17, 15) is 4.79 Å². The predicted octanol–water partition coefficient (Wildman–Crippen LogP) is 4.82. The number of rotatable bonds is 3. The Hall–Kier alpha value is -2.04. The van der Waals surface area contributed by atoms with Crippen molar-refractivity contribution in [3.05, 3.63) is 58.4 Å². The first-order chi connectivity index (χ1) is 10.2. The summed E-state index contributed by atoms with van der Waals surface area (Å²) in [5.41, 5.74) is 0.750. The molecule has 2 aromatic carbocycles. The van der Waals surface area contributed by atoms with Crippen LogP contribution in [0.15, 0.2) is 48.5 Å². The lowest BCUT2D eigenvalue weighted by molar-refractivity contribution is 0.102. The van der Waals surface area contributed by atoms with Crippen LogP contribution in [0.3, 0.4) is 0 Å². The van der Waals surface area contributed by atoms with Gasteiger partial charge in [-0.2, -0.15) is 0 Å². The Bertz CT molecular complexity index is 799. The molecule has 3 nitrogen and oxygen atoms in total. The second kappa shape index (κ2) is 5.76. The Morgan fingerprint density at radius 1 is 1.19 bits per heavy atom. The van der Waals surface area contributed by atoms with Crippen molar-refractivity contribution < 1.29 is 9.53 Å². The molecule has 0 saturated carbocycles. The molecule has 0 fully saturated rings. The van der Waals surface area contributed by atoms with Crippen molar-refractivity contribution in [3.63, 3.8) is 0 Å². The molecule has 3 rings (SSSR count). The summed E-state index contributed by atoms with van der Waals surface area (Å²) in [4.78, 5) is 13.0. The number of carbonyl (C=O) groups excluding carboxylic acids is 1. The molecule has 1 N–H and O–H groups in total. The summed E-state index contributed by atoms with van der Waals surface area (Å²) >= 11 is 7.40. The van der Waals surface area contributed by atoms with E-state index >= 15 is 0 Å². The molecule has 5 heteroatoms. The Balaban J connectivity index is 2.01. The van der Waals surface area contributed by atoms with E-state index in [0.717, 1.165) is 15.8 Å². The summed E-state index contributed by atoms with van der Waals surface area (Å²) in [6, 6.07) is 14.8. The molecule has 0 aliphatic carbocycles. The fourth-order valence-corrected chi connectivity index (χ4v) is 3.33. The molecule has 1 heterocycles. The maximum Gasteiger partial charge on any atom is 0.269 e. The molecular formula is C16H12ClNO2S. The normalized spacial score (nSPS) is 10.6. The second-order valence-corrected chi connectivity index (χ2v) is 5.91. The highest BCUT2D eigenvalue weighted by Gasteiger charge is 2.19. The number of methoxy groups -OCH3 is 1. The number of hydrogen-bond acceptors (Lipinski definition) is 3. The van der Waals surface area contributed by atoms with E-state index < -0.39 is 0 Å². The van der Waals surface area contributed by atoms with Gasteiger partial charge in [-0.05, 0) is 30.3 Å². The van der Waals surface area contributed by atoms with Crippen LogP contribution >= 0.6 is 22.9 Å². The minimum Gasteiger partial charge on any atom is -0.494 e. The lowest BCUT2D eigenvalue weighted by atomic mass is 10.2. The molecule has 1 aromatic heterocycles. The van der Waals surface area contributed by atoms with Crippen LogP contribution in [0.5, 0.6) is 5.75 Å². The molecule has 3 aromatic rings. The highest BCUT2D eigenvalue weighted by Crippen LogP contribution is 2.39. The number of hydrogen-bond donors (Lipinski definition) is 1. The molecule has 0 bridgehead atoms. The van der Waals surface area contributed by atoms with E-state index in [2.05, 4.69) is 5.32 Å². The van der Waals surface area contributed by atoms with Crippen molar-refractivity contribution in [1.82, 2.24) is 0 Å². The lowest BCUT2D eigenvalue weighted by Gasteiger charge is -2.05. The van der Waals surface area contributed by atoms with Crippen molar-refractivity contribution in [2.75, 3.05) is 12.4 Å². The number of fused-ring (bicyclic) bond motifs is 1. The number of amides is 1. The highest BCUT2D eigenvalue weighted by molar-refractivity contribution is 7.21. The number of nitrogens with one attached hydrogen (secondary N) is 1. The van der Waals surface area contributed by atoms with Crippen LogP contribution in [0.1, 0.15) is 9.67 Å². The Morgan fingerprint density at radius 3 is 2.67 bits per heavy atom. The first-order valence-corrected chi connectivity index (χ1v) is 7.51. The van der Waals surface area contributed by atoms with Gasteiger partial charge < -0.3 is 10.1 Å². The maximum atomic E-state index is 12.4. The average molecular weight is 318 g/mol. The molecule has 0 saturated heterocycles. The highest BCUT2D eigenvalue weighted by atomic mass is 35.5. The third kappa shape index (κ3) is 2.73. The number of carbonyl (C=O) groups is 1. The van der Waals surface area contributed by atoms with Crippen LogP contribution in [0, 0.1) is 0 Å².